The van der Waals surface area contributed by atoms with E-state index in [2.05, 4.69) is 0 Å². The van der Waals surface area contributed by atoms with E-state index in [1.165, 1.54) is 0 Å². The van der Waals surface area contributed by atoms with Crippen LogP contribution < -0.4 is 0 Å². The Morgan fingerprint density at radius 3 is 2.10 bits per heavy atom. The van der Waals surface area contributed by atoms with E-state index in [-0.39, 0.29) is 6.42 Å². The summed E-state index contributed by atoms with van der Waals surface area (Å²) in [6.07, 6.45) is 0.207. The SMILES string of the molecule is CCCC(C)(F)S(=O)(=O)O. The maximum absolute atomic E-state index is 12.8. The summed E-state index contributed by atoms with van der Waals surface area (Å²) in [5.41, 5.74) is 0. The van der Waals surface area contributed by atoms with Crippen molar-refractivity contribution in [3.63, 3.8) is 0 Å². The molecule has 0 aliphatic carbocycles. The zero-order valence-electron chi connectivity index (χ0n) is 5.96. The molecule has 62 valence electrons. The fraction of sp³-hybridized carbons (Fsp3) is 1.00. The molecule has 5 heteroatoms. The van der Waals surface area contributed by atoms with E-state index in [1.807, 2.05) is 0 Å². The van der Waals surface area contributed by atoms with Crippen LogP contribution in [-0.4, -0.2) is 18.0 Å². The monoisotopic (exact) mass is 170 g/mol. The molecule has 1 atom stereocenters. The normalized spacial score (nSPS) is 18.4. The Bertz CT molecular complexity index is 195. The van der Waals surface area contributed by atoms with Crippen LogP contribution >= 0.6 is 0 Å². The molecule has 0 aliphatic heterocycles. The molecule has 0 saturated carbocycles. The van der Waals surface area contributed by atoms with Gasteiger partial charge in [-0.1, -0.05) is 13.3 Å². The zero-order valence-corrected chi connectivity index (χ0v) is 6.78. The van der Waals surface area contributed by atoms with Crippen LogP contribution in [0.15, 0.2) is 0 Å². The van der Waals surface area contributed by atoms with E-state index in [1.54, 1.807) is 6.92 Å². The Kier molecular flexibility index (Phi) is 2.79. The molecule has 0 aromatic carbocycles. The van der Waals surface area contributed by atoms with Gasteiger partial charge in [-0.05, 0) is 13.3 Å². The Balaban J connectivity index is 4.42. The molecule has 10 heavy (non-hydrogen) atoms. The van der Waals surface area contributed by atoms with E-state index in [0.717, 1.165) is 6.92 Å². The van der Waals surface area contributed by atoms with Gasteiger partial charge in [-0.15, -0.1) is 0 Å². The molecule has 0 fully saturated rings. The zero-order chi connectivity index (χ0) is 8.41. The van der Waals surface area contributed by atoms with Crippen LogP contribution in [0.4, 0.5) is 4.39 Å². The van der Waals surface area contributed by atoms with Crippen LogP contribution in [0, 0.1) is 0 Å². The van der Waals surface area contributed by atoms with Crippen LogP contribution in [0.25, 0.3) is 0 Å². The number of alkyl halides is 1. The van der Waals surface area contributed by atoms with Crippen molar-refractivity contribution < 1.29 is 17.4 Å². The van der Waals surface area contributed by atoms with Crippen molar-refractivity contribution in [2.75, 3.05) is 0 Å². The Morgan fingerprint density at radius 1 is 1.60 bits per heavy atom. The van der Waals surface area contributed by atoms with Gasteiger partial charge in [0.2, 0.25) is 5.00 Å². The summed E-state index contributed by atoms with van der Waals surface area (Å²) in [6.45, 7) is 2.49. The van der Waals surface area contributed by atoms with Crippen LogP contribution in [0.3, 0.4) is 0 Å². The first kappa shape index (κ1) is 9.84. The number of halogens is 1. The largest absolute Gasteiger partial charge is 0.300 e. The molecule has 0 saturated heterocycles. The average molecular weight is 170 g/mol. The third kappa shape index (κ3) is 2.22. The summed E-state index contributed by atoms with van der Waals surface area (Å²) in [5.74, 6) is 0. The first-order valence-corrected chi connectivity index (χ1v) is 4.41. The van der Waals surface area contributed by atoms with Crippen LogP contribution in [0.5, 0.6) is 0 Å². The number of rotatable bonds is 3. The molecule has 0 bridgehead atoms. The molecule has 1 N–H and O–H groups in total. The van der Waals surface area contributed by atoms with Crippen LogP contribution in [0.1, 0.15) is 26.7 Å². The topological polar surface area (TPSA) is 54.4 Å². The van der Waals surface area contributed by atoms with Gasteiger partial charge in [0.25, 0.3) is 10.1 Å². The van der Waals surface area contributed by atoms with Crippen molar-refractivity contribution in [2.45, 2.75) is 31.7 Å². The average Bonchev–Trinajstić information content (AvgIpc) is 1.61. The Labute approximate surface area is 60.0 Å². The highest BCUT2D eigenvalue weighted by atomic mass is 32.2. The second-order valence-corrected chi connectivity index (χ2v) is 4.13. The van der Waals surface area contributed by atoms with Crippen LogP contribution in [0.2, 0.25) is 0 Å². The van der Waals surface area contributed by atoms with Gasteiger partial charge < -0.3 is 0 Å². The summed E-state index contributed by atoms with van der Waals surface area (Å²) in [6, 6.07) is 0. The fourth-order valence-electron chi connectivity index (χ4n) is 0.576. The molecule has 0 radical (unpaired) electrons. The minimum Gasteiger partial charge on any atom is -0.283 e. The van der Waals surface area contributed by atoms with E-state index in [0.29, 0.717) is 6.42 Å². The van der Waals surface area contributed by atoms with Gasteiger partial charge in [0, 0.05) is 0 Å². The maximum atomic E-state index is 12.8. The van der Waals surface area contributed by atoms with Crippen molar-refractivity contribution in [3.8, 4) is 0 Å². The van der Waals surface area contributed by atoms with Gasteiger partial charge in [-0.2, -0.15) is 8.42 Å². The van der Waals surface area contributed by atoms with E-state index < -0.39 is 15.1 Å². The highest BCUT2D eigenvalue weighted by Gasteiger charge is 2.36. The van der Waals surface area contributed by atoms with Gasteiger partial charge in [-0.3, -0.25) is 4.55 Å². The van der Waals surface area contributed by atoms with Gasteiger partial charge in [-0.25, -0.2) is 4.39 Å². The smallest absolute Gasteiger partial charge is 0.283 e. The molecule has 0 amide bonds. The summed E-state index contributed by atoms with van der Waals surface area (Å²) in [4.78, 5) is 0. The molecule has 0 aromatic heterocycles. The van der Waals surface area contributed by atoms with Gasteiger partial charge in [0.05, 0.1) is 0 Å². The highest BCUT2D eigenvalue weighted by molar-refractivity contribution is 7.87. The fourth-order valence-corrected chi connectivity index (χ4v) is 1.04. The number of hydrogen-bond donors (Lipinski definition) is 1. The lowest BCUT2D eigenvalue weighted by Crippen LogP contribution is -2.29. The third-order valence-corrected chi connectivity index (χ3v) is 2.51. The lowest BCUT2D eigenvalue weighted by molar-refractivity contribution is 0.250. The second-order valence-electron chi connectivity index (χ2n) is 2.33. The molecule has 3 nitrogen and oxygen atoms in total. The quantitative estimate of drug-likeness (QED) is 0.650. The van der Waals surface area contributed by atoms with E-state index in [4.69, 9.17) is 4.55 Å². The van der Waals surface area contributed by atoms with Crippen molar-refractivity contribution in [3.05, 3.63) is 0 Å². The summed E-state index contributed by atoms with van der Waals surface area (Å²) in [7, 11) is -4.53. The highest BCUT2D eigenvalue weighted by Crippen LogP contribution is 2.22. The van der Waals surface area contributed by atoms with Crippen molar-refractivity contribution in [1.82, 2.24) is 0 Å². The van der Waals surface area contributed by atoms with Gasteiger partial charge in [0.15, 0.2) is 0 Å². The third-order valence-electron chi connectivity index (χ3n) is 1.23. The van der Waals surface area contributed by atoms with Gasteiger partial charge in [0.1, 0.15) is 0 Å². The van der Waals surface area contributed by atoms with E-state index in [9.17, 15) is 12.8 Å². The molecule has 0 aliphatic rings. The minimum absolute atomic E-state index is 0.175. The molecule has 0 aromatic rings. The minimum atomic E-state index is -4.53. The molecule has 0 spiro atoms. The summed E-state index contributed by atoms with van der Waals surface area (Å²) in [5, 5.41) is -2.48. The molecule has 1 unspecified atom stereocenters. The van der Waals surface area contributed by atoms with Crippen molar-refractivity contribution >= 4 is 10.1 Å². The summed E-state index contributed by atoms with van der Waals surface area (Å²) < 4.78 is 41.5. The van der Waals surface area contributed by atoms with E-state index >= 15 is 0 Å². The first-order chi connectivity index (χ1) is 4.31. The lowest BCUT2D eigenvalue weighted by atomic mass is 10.2. The predicted molar refractivity (Wildman–Crippen MR) is 36.0 cm³/mol. The van der Waals surface area contributed by atoms with Crippen LogP contribution in [-0.2, 0) is 10.1 Å². The Morgan fingerprint density at radius 2 is 2.00 bits per heavy atom. The molecule has 0 heterocycles. The lowest BCUT2D eigenvalue weighted by Gasteiger charge is -2.14. The van der Waals surface area contributed by atoms with Crippen molar-refractivity contribution in [1.29, 1.82) is 0 Å². The first-order valence-electron chi connectivity index (χ1n) is 2.97. The standard InChI is InChI=1S/C5H11FO3S/c1-3-4-5(2,6)10(7,8)9/h3-4H2,1-2H3,(H,7,8,9). The molecular formula is C5H11FO3S. The molecular weight excluding hydrogens is 159 g/mol. The summed E-state index contributed by atoms with van der Waals surface area (Å²) >= 11 is 0. The predicted octanol–water partition coefficient (Wildman–Crippen LogP) is 1.36. The molecule has 0 rings (SSSR count). The number of hydrogen-bond acceptors (Lipinski definition) is 2. The van der Waals surface area contributed by atoms with Crippen molar-refractivity contribution in [2.24, 2.45) is 0 Å². The maximum Gasteiger partial charge on any atom is 0.300 e. The van der Waals surface area contributed by atoms with Gasteiger partial charge >= 0.3 is 0 Å². The second kappa shape index (κ2) is 2.84. The Hall–Kier alpha value is -0.160.